The first-order valence-corrected chi connectivity index (χ1v) is 13.3. The maximum absolute atomic E-state index is 13.8. The van der Waals surface area contributed by atoms with E-state index in [1.54, 1.807) is 26.3 Å². The Morgan fingerprint density at radius 1 is 1.15 bits per heavy atom. The molecule has 0 saturated carbocycles. The minimum atomic E-state index is -1.15. The van der Waals surface area contributed by atoms with Gasteiger partial charge in [-0.15, -0.1) is 11.3 Å². The van der Waals surface area contributed by atoms with E-state index in [-0.39, 0.29) is 6.42 Å². The molecule has 39 heavy (non-hydrogen) atoms. The van der Waals surface area contributed by atoms with Crippen LogP contribution in [0.5, 0.6) is 5.75 Å². The number of thiazole rings is 1. The first kappa shape index (κ1) is 27.7. The number of pyridine rings is 1. The number of aryl methyl sites for hydroxylation is 2. The molecule has 10 heteroatoms. The average Bonchev–Trinajstić information content (AvgIpc) is 3.40. The van der Waals surface area contributed by atoms with Gasteiger partial charge in [0.2, 0.25) is 0 Å². The molecule has 0 saturated heterocycles. The molecule has 0 fully saturated rings. The van der Waals surface area contributed by atoms with Crippen LogP contribution in [0.15, 0.2) is 60.1 Å². The number of nitrogens with zero attached hydrogens (tertiary/aromatic N) is 2. The van der Waals surface area contributed by atoms with E-state index in [9.17, 15) is 19.1 Å². The number of benzene rings is 2. The largest absolute Gasteiger partial charge is 0.497 e. The van der Waals surface area contributed by atoms with Crippen LogP contribution in [0.1, 0.15) is 39.0 Å². The molecule has 1 atom stereocenters. The molecule has 0 radical (unpaired) electrons. The Labute approximate surface area is 229 Å². The molecule has 1 unspecified atom stereocenters. The Morgan fingerprint density at radius 2 is 1.92 bits per heavy atom. The maximum Gasteiger partial charge on any atom is 0.326 e. The van der Waals surface area contributed by atoms with Gasteiger partial charge in [-0.3, -0.25) is 4.79 Å². The van der Waals surface area contributed by atoms with Gasteiger partial charge < -0.3 is 20.5 Å². The van der Waals surface area contributed by atoms with Crippen LogP contribution in [0.4, 0.5) is 10.2 Å². The van der Waals surface area contributed by atoms with Gasteiger partial charge in [-0.05, 0) is 48.2 Å². The number of carbonyl (C=O) groups excluding carboxylic acids is 1. The summed E-state index contributed by atoms with van der Waals surface area (Å²) in [5.74, 6) is -0.689. The Kier molecular flexibility index (Phi) is 8.88. The van der Waals surface area contributed by atoms with Gasteiger partial charge in [0, 0.05) is 35.2 Å². The van der Waals surface area contributed by atoms with Crippen LogP contribution >= 0.6 is 11.3 Å². The first-order valence-electron chi connectivity index (χ1n) is 12.4. The number of carboxylic acids is 1. The summed E-state index contributed by atoms with van der Waals surface area (Å²) >= 11 is 1.52. The second-order valence-corrected chi connectivity index (χ2v) is 9.88. The Bertz CT molecular complexity index is 1470. The van der Waals surface area contributed by atoms with Gasteiger partial charge in [-0.25, -0.2) is 19.2 Å². The molecule has 4 aromatic rings. The van der Waals surface area contributed by atoms with Gasteiger partial charge in [0.25, 0.3) is 5.91 Å². The number of ether oxygens (including phenoxy) is 1. The molecule has 0 aliphatic carbocycles. The number of hydrogen-bond donors (Lipinski definition) is 3. The SMILES string of the molecule is CCc1cc(F)cc(C)c1C(=O)NC(Cc1ccc(-c2csc(CNc3cc(OC)ccn3)n2)cc1)C(=O)O. The van der Waals surface area contributed by atoms with Crippen molar-refractivity contribution < 1.29 is 23.8 Å². The second-order valence-electron chi connectivity index (χ2n) is 8.94. The van der Waals surface area contributed by atoms with Crippen LogP contribution in [-0.4, -0.2) is 40.1 Å². The maximum atomic E-state index is 13.8. The Hall–Kier alpha value is -4.31. The third kappa shape index (κ3) is 6.97. The van der Waals surface area contributed by atoms with Crippen molar-refractivity contribution in [3.8, 4) is 17.0 Å². The summed E-state index contributed by atoms with van der Waals surface area (Å²) in [5.41, 5.74) is 3.78. The van der Waals surface area contributed by atoms with E-state index in [2.05, 4.69) is 20.6 Å². The number of amides is 1. The van der Waals surface area contributed by atoms with Crippen LogP contribution in [0.3, 0.4) is 0 Å². The summed E-state index contributed by atoms with van der Waals surface area (Å²) in [5, 5.41) is 18.5. The molecular weight excluding hydrogens is 519 g/mol. The zero-order valence-corrected chi connectivity index (χ0v) is 22.6. The lowest BCUT2D eigenvalue weighted by Crippen LogP contribution is -2.42. The number of anilines is 1. The van der Waals surface area contributed by atoms with Crippen molar-refractivity contribution in [2.45, 2.75) is 39.3 Å². The highest BCUT2D eigenvalue weighted by Crippen LogP contribution is 2.24. The quantitative estimate of drug-likeness (QED) is 0.234. The molecule has 8 nitrogen and oxygen atoms in total. The highest BCUT2D eigenvalue weighted by molar-refractivity contribution is 7.10. The number of carbonyl (C=O) groups is 2. The predicted molar refractivity (Wildman–Crippen MR) is 149 cm³/mol. The van der Waals surface area contributed by atoms with Gasteiger partial charge in [0.1, 0.15) is 28.4 Å². The predicted octanol–water partition coefficient (Wildman–Crippen LogP) is 5.26. The van der Waals surface area contributed by atoms with Crippen molar-refractivity contribution in [3.05, 3.63) is 93.2 Å². The highest BCUT2D eigenvalue weighted by Gasteiger charge is 2.24. The fourth-order valence-corrected chi connectivity index (χ4v) is 4.96. The van der Waals surface area contributed by atoms with Crippen LogP contribution in [0, 0.1) is 12.7 Å². The van der Waals surface area contributed by atoms with E-state index >= 15 is 0 Å². The summed E-state index contributed by atoms with van der Waals surface area (Å²) in [6.45, 7) is 3.97. The molecule has 2 heterocycles. The average molecular weight is 549 g/mol. The van der Waals surface area contributed by atoms with Crippen LogP contribution in [0.25, 0.3) is 11.3 Å². The monoisotopic (exact) mass is 548 g/mol. The lowest BCUT2D eigenvalue weighted by atomic mass is 9.98. The topological polar surface area (TPSA) is 113 Å². The molecule has 1 amide bonds. The summed E-state index contributed by atoms with van der Waals surface area (Å²) in [4.78, 5) is 33.9. The van der Waals surface area contributed by atoms with Gasteiger partial charge in [-0.1, -0.05) is 31.2 Å². The number of rotatable bonds is 11. The van der Waals surface area contributed by atoms with Crippen LogP contribution in [-0.2, 0) is 24.2 Å². The lowest BCUT2D eigenvalue weighted by molar-refractivity contribution is -0.139. The lowest BCUT2D eigenvalue weighted by Gasteiger charge is -2.17. The van der Waals surface area contributed by atoms with Gasteiger partial charge in [-0.2, -0.15) is 0 Å². The molecule has 4 rings (SSSR count). The Morgan fingerprint density at radius 3 is 2.62 bits per heavy atom. The molecule has 0 aliphatic rings. The van der Waals surface area contributed by atoms with E-state index < -0.39 is 23.7 Å². The van der Waals surface area contributed by atoms with E-state index in [1.807, 2.05) is 42.6 Å². The van der Waals surface area contributed by atoms with Crippen molar-refractivity contribution in [1.29, 1.82) is 0 Å². The summed E-state index contributed by atoms with van der Waals surface area (Å²) in [7, 11) is 1.60. The number of carboxylic acid groups (broad SMARTS) is 1. The molecule has 2 aromatic heterocycles. The van der Waals surface area contributed by atoms with E-state index in [0.717, 1.165) is 21.8 Å². The minimum Gasteiger partial charge on any atom is -0.497 e. The summed E-state index contributed by atoms with van der Waals surface area (Å²) in [6.07, 6.45) is 2.22. The zero-order valence-electron chi connectivity index (χ0n) is 21.8. The Balaban J connectivity index is 1.40. The van der Waals surface area contributed by atoms with Crippen LogP contribution in [0.2, 0.25) is 0 Å². The van der Waals surface area contributed by atoms with Crippen molar-refractivity contribution in [2.24, 2.45) is 0 Å². The molecule has 202 valence electrons. The molecule has 2 aromatic carbocycles. The number of methoxy groups -OCH3 is 1. The van der Waals surface area contributed by atoms with Crippen molar-refractivity contribution in [3.63, 3.8) is 0 Å². The smallest absolute Gasteiger partial charge is 0.326 e. The van der Waals surface area contributed by atoms with Crippen LogP contribution < -0.4 is 15.4 Å². The highest BCUT2D eigenvalue weighted by atomic mass is 32.1. The first-order chi connectivity index (χ1) is 18.8. The molecule has 0 bridgehead atoms. The normalized spacial score (nSPS) is 11.6. The number of halogens is 1. The number of aliphatic carboxylic acids is 1. The van der Waals surface area contributed by atoms with Crippen molar-refractivity contribution >= 4 is 29.0 Å². The number of hydrogen-bond acceptors (Lipinski definition) is 7. The van der Waals surface area contributed by atoms with Crippen molar-refractivity contribution in [2.75, 3.05) is 12.4 Å². The number of aromatic nitrogens is 2. The molecular formula is C29H29FN4O4S. The third-order valence-electron chi connectivity index (χ3n) is 6.22. The van der Waals surface area contributed by atoms with E-state index in [1.165, 1.54) is 23.5 Å². The van der Waals surface area contributed by atoms with Gasteiger partial charge in [0.05, 0.1) is 19.3 Å². The molecule has 0 aliphatic heterocycles. The standard InChI is InChI=1S/C29H29FN4O4S/c1-4-19-13-21(30)11-17(2)27(19)28(35)34-23(29(36)37)12-18-5-7-20(8-6-18)24-16-39-26(33-24)15-32-25-14-22(38-3)9-10-31-25/h5-11,13-14,16,23H,4,12,15H2,1-3H3,(H,31,32)(H,34,35)(H,36,37). The fraction of sp³-hybridized carbons (Fsp3) is 0.241. The fourth-order valence-electron chi connectivity index (χ4n) is 4.22. The summed E-state index contributed by atoms with van der Waals surface area (Å²) < 4.78 is 19.0. The minimum absolute atomic E-state index is 0.100. The van der Waals surface area contributed by atoms with Crippen molar-refractivity contribution in [1.82, 2.24) is 15.3 Å². The number of nitrogens with one attached hydrogen (secondary N) is 2. The zero-order chi connectivity index (χ0) is 27.9. The molecule has 3 N–H and O–H groups in total. The third-order valence-corrected chi connectivity index (χ3v) is 7.07. The molecule has 0 spiro atoms. The van der Waals surface area contributed by atoms with Gasteiger partial charge in [0.15, 0.2) is 0 Å². The van der Waals surface area contributed by atoms with E-state index in [0.29, 0.717) is 41.2 Å². The van der Waals surface area contributed by atoms with Gasteiger partial charge >= 0.3 is 5.97 Å². The summed E-state index contributed by atoms with van der Waals surface area (Å²) in [6, 6.07) is 12.5. The van der Waals surface area contributed by atoms with E-state index in [4.69, 9.17) is 4.74 Å². The second kappa shape index (κ2) is 12.5.